The van der Waals surface area contributed by atoms with Gasteiger partial charge in [0.1, 0.15) is 6.61 Å². The number of nitrogens with zero attached hydrogens (tertiary/aromatic N) is 1. The van der Waals surface area contributed by atoms with Gasteiger partial charge in [-0.15, -0.1) is 0 Å². The summed E-state index contributed by atoms with van der Waals surface area (Å²) in [5, 5.41) is 0. The summed E-state index contributed by atoms with van der Waals surface area (Å²) in [5.74, 6) is -0.423. The van der Waals surface area contributed by atoms with E-state index in [2.05, 4.69) is 11.6 Å². The third kappa shape index (κ3) is 3.04. The average Bonchev–Trinajstić information content (AvgIpc) is 2.46. The van der Waals surface area contributed by atoms with Crippen LogP contribution in [0.4, 0.5) is 0 Å². The predicted octanol–water partition coefficient (Wildman–Crippen LogP) is 2.98. The molecule has 2 rings (SSSR count). The van der Waals surface area contributed by atoms with E-state index >= 15 is 0 Å². The van der Waals surface area contributed by atoms with Crippen LogP contribution in [0.3, 0.4) is 0 Å². The van der Waals surface area contributed by atoms with Crippen molar-refractivity contribution in [2.45, 2.75) is 6.61 Å². The van der Waals surface area contributed by atoms with Crippen LogP contribution in [-0.2, 0) is 16.1 Å². The van der Waals surface area contributed by atoms with Gasteiger partial charge in [-0.2, -0.15) is 0 Å². The molecule has 0 fully saturated rings. The van der Waals surface area contributed by atoms with Crippen molar-refractivity contribution in [3.05, 3.63) is 66.9 Å². The molecule has 0 radical (unpaired) electrons. The van der Waals surface area contributed by atoms with Gasteiger partial charge in [0.05, 0.1) is 5.69 Å². The minimum atomic E-state index is -0.423. The van der Waals surface area contributed by atoms with E-state index in [-0.39, 0.29) is 6.61 Å². The van der Waals surface area contributed by atoms with E-state index in [4.69, 9.17) is 4.74 Å². The lowest BCUT2D eigenvalue weighted by atomic mass is 10.1. The van der Waals surface area contributed by atoms with Crippen molar-refractivity contribution in [2.75, 3.05) is 0 Å². The lowest BCUT2D eigenvalue weighted by Gasteiger charge is -2.05. The molecule has 90 valence electrons. The van der Waals surface area contributed by atoms with E-state index in [0.717, 1.165) is 22.9 Å². The zero-order chi connectivity index (χ0) is 12.8. The SMILES string of the molecule is C=CC(=O)OCc1ccnc(-c2ccccc2)c1. The first kappa shape index (κ1) is 12.0. The molecular formula is C15H13NO2. The van der Waals surface area contributed by atoms with Gasteiger partial charge in [-0.1, -0.05) is 36.9 Å². The van der Waals surface area contributed by atoms with Crippen molar-refractivity contribution in [1.82, 2.24) is 4.98 Å². The lowest BCUT2D eigenvalue weighted by molar-refractivity contribution is -0.138. The van der Waals surface area contributed by atoms with E-state index in [1.54, 1.807) is 6.20 Å². The normalized spacial score (nSPS) is 9.78. The lowest BCUT2D eigenvalue weighted by Crippen LogP contribution is -2.00. The minimum Gasteiger partial charge on any atom is -0.458 e. The third-order valence-corrected chi connectivity index (χ3v) is 2.44. The fourth-order valence-corrected chi connectivity index (χ4v) is 1.54. The summed E-state index contributed by atoms with van der Waals surface area (Å²) in [6, 6.07) is 13.6. The Kier molecular flexibility index (Phi) is 3.86. The molecule has 3 heteroatoms. The van der Waals surface area contributed by atoms with Gasteiger partial charge in [-0.25, -0.2) is 4.79 Å². The standard InChI is InChI=1S/C15H13NO2/c1-2-15(17)18-11-12-8-9-16-14(10-12)13-6-4-3-5-7-13/h2-10H,1,11H2. The van der Waals surface area contributed by atoms with Crippen LogP contribution in [0.15, 0.2) is 61.3 Å². The molecule has 1 aromatic carbocycles. The number of hydrogen-bond acceptors (Lipinski definition) is 3. The van der Waals surface area contributed by atoms with Crippen molar-refractivity contribution in [1.29, 1.82) is 0 Å². The highest BCUT2D eigenvalue weighted by molar-refractivity contribution is 5.81. The van der Waals surface area contributed by atoms with Gasteiger partial charge >= 0.3 is 5.97 Å². The average molecular weight is 239 g/mol. The Bertz CT molecular complexity index is 549. The molecule has 0 atom stereocenters. The fourth-order valence-electron chi connectivity index (χ4n) is 1.54. The highest BCUT2D eigenvalue weighted by atomic mass is 16.5. The van der Waals surface area contributed by atoms with Gasteiger partial charge in [-0.05, 0) is 17.7 Å². The summed E-state index contributed by atoms with van der Waals surface area (Å²) in [6.45, 7) is 3.58. The Morgan fingerprint density at radius 2 is 2.06 bits per heavy atom. The molecule has 0 saturated carbocycles. The first-order valence-electron chi connectivity index (χ1n) is 5.59. The van der Waals surface area contributed by atoms with E-state index in [0.29, 0.717) is 0 Å². The van der Waals surface area contributed by atoms with Crippen LogP contribution in [0.25, 0.3) is 11.3 Å². The number of benzene rings is 1. The predicted molar refractivity (Wildman–Crippen MR) is 69.7 cm³/mol. The molecule has 0 aliphatic carbocycles. The Balaban J connectivity index is 2.15. The Morgan fingerprint density at radius 3 is 2.78 bits per heavy atom. The highest BCUT2D eigenvalue weighted by Crippen LogP contribution is 2.17. The Labute approximate surface area is 106 Å². The summed E-state index contributed by atoms with van der Waals surface area (Å²) >= 11 is 0. The maximum Gasteiger partial charge on any atom is 0.330 e. The molecule has 0 aliphatic rings. The van der Waals surface area contributed by atoms with Gasteiger partial charge in [0.25, 0.3) is 0 Å². The number of pyridine rings is 1. The van der Waals surface area contributed by atoms with E-state index in [1.807, 2.05) is 42.5 Å². The summed E-state index contributed by atoms with van der Waals surface area (Å²) in [7, 11) is 0. The molecule has 1 heterocycles. The molecule has 18 heavy (non-hydrogen) atoms. The number of carbonyl (C=O) groups is 1. The van der Waals surface area contributed by atoms with E-state index in [1.165, 1.54) is 0 Å². The fraction of sp³-hybridized carbons (Fsp3) is 0.0667. The van der Waals surface area contributed by atoms with Crippen LogP contribution in [0.5, 0.6) is 0 Å². The van der Waals surface area contributed by atoms with Gasteiger partial charge in [0, 0.05) is 17.8 Å². The maximum absolute atomic E-state index is 11.0. The summed E-state index contributed by atoms with van der Waals surface area (Å²) in [4.78, 5) is 15.3. The molecule has 0 bridgehead atoms. The van der Waals surface area contributed by atoms with Gasteiger partial charge in [-0.3, -0.25) is 4.98 Å². The quantitative estimate of drug-likeness (QED) is 0.608. The van der Waals surface area contributed by atoms with Crippen LogP contribution in [-0.4, -0.2) is 11.0 Å². The van der Waals surface area contributed by atoms with Crippen molar-refractivity contribution in [3.8, 4) is 11.3 Å². The van der Waals surface area contributed by atoms with Crippen molar-refractivity contribution < 1.29 is 9.53 Å². The molecule has 0 saturated heterocycles. The molecule has 0 amide bonds. The molecule has 0 N–H and O–H groups in total. The monoisotopic (exact) mass is 239 g/mol. The smallest absolute Gasteiger partial charge is 0.330 e. The second-order valence-corrected chi connectivity index (χ2v) is 3.73. The Morgan fingerprint density at radius 1 is 1.28 bits per heavy atom. The third-order valence-electron chi connectivity index (χ3n) is 2.44. The van der Waals surface area contributed by atoms with Crippen LogP contribution in [0.2, 0.25) is 0 Å². The zero-order valence-electron chi connectivity index (χ0n) is 9.87. The van der Waals surface area contributed by atoms with Crippen molar-refractivity contribution in [2.24, 2.45) is 0 Å². The number of hydrogen-bond donors (Lipinski definition) is 0. The summed E-state index contributed by atoms with van der Waals surface area (Å²) in [6.07, 6.45) is 2.86. The molecule has 0 aliphatic heterocycles. The van der Waals surface area contributed by atoms with Gasteiger partial charge in [0.2, 0.25) is 0 Å². The Hall–Kier alpha value is -2.42. The molecule has 1 aromatic heterocycles. The molecule has 2 aromatic rings. The number of rotatable bonds is 4. The number of carbonyl (C=O) groups excluding carboxylic acids is 1. The zero-order valence-corrected chi connectivity index (χ0v) is 9.87. The van der Waals surface area contributed by atoms with E-state index < -0.39 is 5.97 Å². The maximum atomic E-state index is 11.0. The minimum absolute atomic E-state index is 0.229. The first-order chi connectivity index (χ1) is 8.79. The summed E-state index contributed by atoms with van der Waals surface area (Å²) in [5.41, 5.74) is 2.80. The van der Waals surface area contributed by atoms with Gasteiger partial charge in [0.15, 0.2) is 0 Å². The largest absolute Gasteiger partial charge is 0.458 e. The van der Waals surface area contributed by atoms with Gasteiger partial charge < -0.3 is 4.74 Å². The second kappa shape index (κ2) is 5.77. The van der Waals surface area contributed by atoms with Crippen LogP contribution in [0, 0.1) is 0 Å². The van der Waals surface area contributed by atoms with E-state index in [9.17, 15) is 4.79 Å². The van der Waals surface area contributed by atoms with Crippen molar-refractivity contribution >= 4 is 5.97 Å². The number of esters is 1. The molecule has 0 spiro atoms. The summed E-state index contributed by atoms with van der Waals surface area (Å²) < 4.78 is 4.98. The van der Waals surface area contributed by atoms with Crippen LogP contribution < -0.4 is 0 Å². The van der Waals surface area contributed by atoms with Crippen LogP contribution in [0.1, 0.15) is 5.56 Å². The number of ether oxygens (including phenoxy) is 1. The topological polar surface area (TPSA) is 39.2 Å². The molecule has 0 unspecified atom stereocenters. The van der Waals surface area contributed by atoms with Crippen LogP contribution >= 0.6 is 0 Å². The highest BCUT2D eigenvalue weighted by Gasteiger charge is 2.02. The first-order valence-corrected chi connectivity index (χ1v) is 5.59. The molecular weight excluding hydrogens is 226 g/mol. The number of aromatic nitrogens is 1. The molecule has 3 nitrogen and oxygen atoms in total. The second-order valence-electron chi connectivity index (χ2n) is 3.73. The van der Waals surface area contributed by atoms with Crippen molar-refractivity contribution in [3.63, 3.8) is 0 Å².